The highest BCUT2D eigenvalue weighted by Gasteiger charge is 2.14. The van der Waals surface area contributed by atoms with E-state index in [-0.39, 0.29) is 16.9 Å². The van der Waals surface area contributed by atoms with Gasteiger partial charge in [-0.3, -0.25) is 4.79 Å². The van der Waals surface area contributed by atoms with Crippen molar-refractivity contribution < 1.29 is 13.9 Å². The number of benzene rings is 2. The van der Waals surface area contributed by atoms with Crippen LogP contribution in [-0.2, 0) is 6.42 Å². The van der Waals surface area contributed by atoms with Gasteiger partial charge in [0.1, 0.15) is 17.3 Å². The zero-order chi connectivity index (χ0) is 20.8. The van der Waals surface area contributed by atoms with E-state index in [1.807, 2.05) is 18.2 Å². The molecule has 0 aliphatic heterocycles. The molecule has 0 aliphatic carbocycles. The van der Waals surface area contributed by atoms with Crippen molar-refractivity contribution in [2.45, 2.75) is 33.1 Å². The van der Waals surface area contributed by atoms with Gasteiger partial charge < -0.3 is 15.8 Å². The van der Waals surface area contributed by atoms with Gasteiger partial charge in [-0.25, -0.2) is 4.98 Å². The van der Waals surface area contributed by atoms with Crippen molar-refractivity contribution >= 4 is 17.4 Å². The van der Waals surface area contributed by atoms with Gasteiger partial charge in [-0.05, 0) is 67.8 Å². The summed E-state index contributed by atoms with van der Waals surface area (Å²) < 4.78 is 19.3. The molecule has 0 saturated carbocycles. The van der Waals surface area contributed by atoms with Gasteiger partial charge in [-0.1, -0.05) is 25.5 Å². The highest BCUT2D eigenvalue weighted by molar-refractivity contribution is 6.07. The third-order valence-corrected chi connectivity index (χ3v) is 4.49. The summed E-state index contributed by atoms with van der Waals surface area (Å²) in [7, 11) is 0. The van der Waals surface area contributed by atoms with E-state index in [9.17, 15) is 9.18 Å². The van der Waals surface area contributed by atoms with Crippen LogP contribution in [0.4, 0.5) is 15.9 Å². The summed E-state index contributed by atoms with van der Waals surface area (Å²) >= 11 is 0. The maximum Gasteiger partial charge on any atom is 0.259 e. The number of hydrogen-bond donors (Lipinski definition) is 2. The lowest BCUT2D eigenvalue weighted by Gasteiger charge is -2.10. The lowest BCUT2D eigenvalue weighted by molar-refractivity contribution is 0.102. The van der Waals surface area contributed by atoms with Crippen LogP contribution in [0.1, 0.15) is 41.3 Å². The Labute approximate surface area is 169 Å². The lowest BCUT2D eigenvalue weighted by Crippen LogP contribution is -2.16. The Morgan fingerprint density at radius 2 is 1.90 bits per heavy atom. The molecule has 0 spiro atoms. The quantitative estimate of drug-likeness (QED) is 0.520. The number of unbranched alkanes of at least 4 members (excludes halogenated alkanes) is 1. The van der Waals surface area contributed by atoms with Gasteiger partial charge in [0.25, 0.3) is 5.91 Å². The number of nitrogens with one attached hydrogen (secondary N) is 1. The standard InChI is InChI=1S/C23H24FN3O2/c1-3-4-6-16-7-5-8-19(14-16)29-18-11-9-17(10-12-18)26-23(28)20-13-15(2)21(24)27-22(20)25/h5,7-14H,3-4,6H2,1-2H3,(H2,25,27)(H,26,28). The van der Waals surface area contributed by atoms with Gasteiger partial charge >= 0.3 is 0 Å². The minimum absolute atomic E-state index is 0.133. The fourth-order valence-corrected chi connectivity index (χ4v) is 2.87. The second-order valence-corrected chi connectivity index (χ2v) is 6.86. The largest absolute Gasteiger partial charge is 0.457 e. The Hall–Kier alpha value is -3.41. The van der Waals surface area contributed by atoms with Gasteiger partial charge in [0, 0.05) is 11.3 Å². The first-order chi connectivity index (χ1) is 14.0. The topological polar surface area (TPSA) is 77.2 Å². The number of hydrogen-bond acceptors (Lipinski definition) is 4. The number of halogens is 1. The monoisotopic (exact) mass is 393 g/mol. The van der Waals surface area contributed by atoms with Crippen LogP contribution in [0.15, 0.2) is 54.6 Å². The highest BCUT2D eigenvalue weighted by atomic mass is 19.1. The number of anilines is 2. The van der Waals surface area contributed by atoms with E-state index in [1.165, 1.54) is 18.6 Å². The Morgan fingerprint density at radius 1 is 1.14 bits per heavy atom. The fourth-order valence-electron chi connectivity index (χ4n) is 2.87. The van der Waals surface area contributed by atoms with Crippen molar-refractivity contribution in [3.8, 4) is 11.5 Å². The van der Waals surface area contributed by atoms with Crippen molar-refractivity contribution in [2.75, 3.05) is 11.1 Å². The zero-order valence-electron chi connectivity index (χ0n) is 16.5. The van der Waals surface area contributed by atoms with E-state index >= 15 is 0 Å². The van der Waals surface area contributed by atoms with Gasteiger partial charge in [0.2, 0.25) is 5.95 Å². The average Bonchev–Trinajstić information content (AvgIpc) is 2.71. The summed E-state index contributed by atoms with van der Waals surface area (Å²) in [6, 6.07) is 16.4. The number of carbonyl (C=O) groups is 1. The van der Waals surface area contributed by atoms with E-state index in [1.54, 1.807) is 24.3 Å². The van der Waals surface area contributed by atoms with Gasteiger partial charge in [-0.15, -0.1) is 0 Å². The molecular formula is C23H24FN3O2. The molecule has 5 nitrogen and oxygen atoms in total. The summed E-state index contributed by atoms with van der Waals surface area (Å²) in [6.45, 7) is 3.70. The molecule has 0 radical (unpaired) electrons. The molecule has 6 heteroatoms. The maximum atomic E-state index is 13.4. The van der Waals surface area contributed by atoms with Crippen molar-refractivity contribution in [3.05, 3.63) is 77.2 Å². The van der Waals surface area contributed by atoms with Crippen molar-refractivity contribution in [2.24, 2.45) is 0 Å². The van der Waals surface area contributed by atoms with Gasteiger partial charge in [0.05, 0.1) is 5.56 Å². The van der Waals surface area contributed by atoms with Crippen LogP contribution in [0, 0.1) is 12.9 Å². The molecule has 1 aromatic heterocycles. The second-order valence-electron chi connectivity index (χ2n) is 6.86. The number of carbonyl (C=O) groups excluding carboxylic acids is 1. The van der Waals surface area contributed by atoms with Crippen LogP contribution in [0.5, 0.6) is 11.5 Å². The number of ether oxygens (including phenoxy) is 1. The summed E-state index contributed by atoms with van der Waals surface area (Å²) in [5.41, 5.74) is 7.87. The molecule has 3 rings (SSSR count). The molecule has 29 heavy (non-hydrogen) atoms. The molecular weight excluding hydrogens is 369 g/mol. The van der Waals surface area contributed by atoms with Gasteiger partial charge in [-0.2, -0.15) is 4.39 Å². The minimum atomic E-state index is -0.681. The minimum Gasteiger partial charge on any atom is -0.457 e. The molecule has 0 atom stereocenters. The zero-order valence-corrected chi connectivity index (χ0v) is 16.5. The van der Waals surface area contributed by atoms with E-state index in [0.29, 0.717) is 11.4 Å². The molecule has 0 fully saturated rings. The predicted molar refractivity (Wildman–Crippen MR) is 113 cm³/mol. The molecule has 0 saturated heterocycles. The molecule has 3 aromatic rings. The molecule has 1 amide bonds. The number of aromatic nitrogens is 1. The predicted octanol–water partition coefficient (Wildman–Crippen LogP) is 5.50. The van der Waals surface area contributed by atoms with Crippen LogP contribution in [0.3, 0.4) is 0 Å². The third-order valence-electron chi connectivity index (χ3n) is 4.49. The van der Waals surface area contributed by atoms with Gasteiger partial charge in [0.15, 0.2) is 0 Å². The number of nitrogens with two attached hydrogens (primary N) is 1. The maximum absolute atomic E-state index is 13.4. The van der Waals surface area contributed by atoms with E-state index in [0.717, 1.165) is 25.0 Å². The number of nitrogen functional groups attached to an aromatic ring is 1. The van der Waals surface area contributed by atoms with Crippen molar-refractivity contribution in [3.63, 3.8) is 0 Å². The number of aryl methyl sites for hydroxylation is 2. The van der Waals surface area contributed by atoms with Crippen molar-refractivity contribution in [1.82, 2.24) is 4.98 Å². The number of rotatable bonds is 7. The Balaban J connectivity index is 1.66. The first kappa shape index (κ1) is 20.3. The smallest absolute Gasteiger partial charge is 0.259 e. The lowest BCUT2D eigenvalue weighted by atomic mass is 10.1. The third kappa shape index (κ3) is 5.31. The number of nitrogens with zero attached hydrogens (tertiary/aromatic N) is 1. The molecule has 150 valence electrons. The second kappa shape index (κ2) is 9.19. The van der Waals surface area contributed by atoms with Crippen LogP contribution in [0.2, 0.25) is 0 Å². The normalized spacial score (nSPS) is 10.6. The molecule has 0 bridgehead atoms. The molecule has 1 heterocycles. The Kier molecular flexibility index (Phi) is 6.44. The number of pyridine rings is 1. The van der Waals surface area contributed by atoms with Crippen molar-refractivity contribution in [1.29, 1.82) is 0 Å². The molecule has 2 aromatic carbocycles. The summed E-state index contributed by atoms with van der Waals surface area (Å²) in [5.74, 6) is 0.161. The van der Waals surface area contributed by atoms with Crippen LogP contribution in [-0.4, -0.2) is 10.9 Å². The number of amides is 1. The van der Waals surface area contributed by atoms with Crippen LogP contribution < -0.4 is 15.8 Å². The fraction of sp³-hybridized carbons (Fsp3) is 0.217. The summed E-state index contributed by atoms with van der Waals surface area (Å²) in [6.07, 6.45) is 3.32. The Morgan fingerprint density at radius 3 is 2.62 bits per heavy atom. The van der Waals surface area contributed by atoms with E-state index in [2.05, 4.69) is 23.3 Å². The molecule has 0 unspecified atom stereocenters. The van der Waals surface area contributed by atoms with E-state index < -0.39 is 11.9 Å². The highest BCUT2D eigenvalue weighted by Crippen LogP contribution is 2.25. The van der Waals surface area contributed by atoms with Crippen LogP contribution in [0.25, 0.3) is 0 Å². The average molecular weight is 393 g/mol. The summed E-state index contributed by atoms with van der Waals surface area (Å²) in [4.78, 5) is 16.0. The SMILES string of the molecule is CCCCc1cccc(Oc2ccc(NC(=O)c3cc(C)c(F)nc3N)cc2)c1. The van der Waals surface area contributed by atoms with E-state index in [4.69, 9.17) is 10.5 Å². The Bertz CT molecular complexity index is 1000. The molecule has 0 aliphatic rings. The molecule has 3 N–H and O–H groups in total. The van der Waals surface area contributed by atoms with Crippen LogP contribution >= 0.6 is 0 Å². The first-order valence-electron chi connectivity index (χ1n) is 9.57. The first-order valence-corrected chi connectivity index (χ1v) is 9.57. The summed E-state index contributed by atoms with van der Waals surface area (Å²) in [5, 5.41) is 2.73.